The molecular formula is C17H17NO2. The summed E-state index contributed by atoms with van der Waals surface area (Å²) in [5.41, 5.74) is 3.43. The van der Waals surface area contributed by atoms with Crippen LogP contribution in [0.3, 0.4) is 0 Å². The zero-order valence-electron chi connectivity index (χ0n) is 11.3. The molecule has 20 heavy (non-hydrogen) atoms. The number of rotatable bonds is 2. The molecule has 1 aliphatic carbocycles. The minimum absolute atomic E-state index is 0.299. The molecule has 1 atom stereocenters. The molecule has 0 saturated carbocycles. The summed E-state index contributed by atoms with van der Waals surface area (Å²) >= 11 is 0. The molecule has 3 nitrogen and oxygen atoms in total. The Morgan fingerprint density at radius 2 is 2.10 bits per heavy atom. The van der Waals surface area contributed by atoms with Crippen LogP contribution in [-0.4, -0.2) is 17.0 Å². The molecule has 0 fully saturated rings. The maximum atomic E-state index is 11.9. The number of hydrogen-bond acceptors (Lipinski definition) is 2. The summed E-state index contributed by atoms with van der Waals surface area (Å²) in [6.45, 7) is 1.62. The number of aryl methyl sites for hydroxylation is 1. The molecule has 2 heterocycles. The van der Waals surface area contributed by atoms with Crippen LogP contribution in [0.4, 0.5) is 0 Å². The largest absolute Gasteiger partial charge is 0.493 e. The van der Waals surface area contributed by atoms with Crippen molar-refractivity contribution in [2.45, 2.75) is 31.7 Å². The number of hydrogen-bond donors (Lipinski definition) is 0. The normalized spacial score (nSPS) is 20.4. The lowest BCUT2D eigenvalue weighted by Crippen LogP contribution is -2.09. The van der Waals surface area contributed by atoms with Gasteiger partial charge < -0.3 is 9.30 Å². The number of aromatic nitrogens is 1. The molecule has 1 aromatic heterocycles. The van der Waals surface area contributed by atoms with Gasteiger partial charge in [-0.25, -0.2) is 0 Å². The van der Waals surface area contributed by atoms with Gasteiger partial charge in [-0.2, -0.15) is 0 Å². The molecule has 1 aromatic carbocycles. The van der Waals surface area contributed by atoms with Crippen molar-refractivity contribution in [3.8, 4) is 5.75 Å². The Morgan fingerprint density at radius 1 is 1.20 bits per heavy atom. The van der Waals surface area contributed by atoms with Gasteiger partial charge >= 0.3 is 0 Å². The Morgan fingerprint density at radius 3 is 3.00 bits per heavy atom. The Kier molecular flexibility index (Phi) is 2.66. The minimum atomic E-state index is 0.299. The van der Waals surface area contributed by atoms with E-state index in [1.807, 2.05) is 18.3 Å². The number of ether oxygens (including phenoxy) is 1. The Bertz CT molecular complexity index is 671. The third kappa shape index (κ3) is 1.85. The van der Waals surface area contributed by atoms with Gasteiger partial charge in [0.05, 0.1) is 6.61 Å². The van der Waals surface area contributed by atoms with Crippen LogP contribution in [0.15, 0.2) is 36.7 Å². The van der Waals surface area contributed by atoms with Gasteiger partial charge in [0.25, 0.3) is 0 Å². The van der Waals surface area contributed by atoms with Crippen molar-refractivity contribution < 1.29 is 9.53 Å². The average Bonchev–Trinajstić information content (AvgIpc) is 3.05. The topological polar surface area (TPSA) is 31.2 Å². The lowest BCUT2D eigenvalue weighted by molar-refractivity contribution is 0.0973. The summed E-state index contributed by atoms with van der Waals surface area (Å²) in [6, 6.07) is 8.24. The first kappa shape index (κ1) is 11.8. The Balaban J connectivity index is 1.60. The van der Waals surface area contributed by atoms with E-state index in [4.69, 9.17) is 4.74 Å². The van der Waals surface area contributed by atoms with E-state index in [1.54, 1.807) is 0 Å². The number of Topliss-reactive ketones (excluding diaryl/α,β-unsaturated/α-hetero) is 1. The first-order chi connectivity index (χ1) is 9.81. The summed E-state index contributed by atoms with van der Waals surface area (Å²) in [5, 5.41) is 0. The van der Waals surface area contributed by atoms with Gasteiger partial charge in [-0.05, 0) is 24.5 Å². The second-order valence-corrected chi connectivity index (χ2v) is 5.72. The van der Waals surface area contributed by atoms with Gasteiger partial charge in [-0.15, -0.1) is 0 Å². The predicted molar refractivity (Wildman–Crippen MR) is 76.4 cm³/mol. The highest BCUT2D eigenvalue weighted by molar-refractivity contribution is 5.98. The second-order valence-electron chi connectivity index (χ2n) is 5.72. The highest BCUT2D eigenvalue weighted by Gasteiger charge is 2.25. The molecule has 2 aliphatic rings. The van der Waals surface area contributed by atoms with E-state index in [-0.39, 0.29) is 0 Å². The molecule has 0 saturated heterocycles. The number of ketones is 1. The monoisotopic (exact) mass is 267 g/mol. The smallest absolute Gasteiger partial charge is 0.164 e. The molecule has 4 rings (SSSR count). The lowest BCUT2D eigenvalue weighted by atomic mass is 9.95. The van der Waals surface area contributed by atoms with Gasteiger partial charge in [0.15, 0.2) is 5.78 Å². The van der Waals surface area contributed by atoms with Crippen LogP contribution >= 0.6 is 0 Å². The Hall–Kier alpha value is -2.03. The SMILES string of the molecule is O=C1CCCc2cn(CC3COc4ccccc43)cc21. The number of benzene rings is 1. The van der Waals surface area contributed by atoms with Gasteiger partial charge in [0.2, 0.25) is 0 Å². The predicted octanol–water partition coefficient (Wildman–Crippen LogP) is 3.18. The second kappa shape index (κ2) is 4.51. The summed E-state index contributed by atoms with van der Waals surface area (Å²) in [7, 11) is 0. The molecular weight excluding hydrogens is 250 g/mol. The number of carbonyl (C=O) groups excluding carboxylic acids is 1. The fraction of sp³-hybridized carbons (Fsp3) is 0.353. The number of nitrogens with zero attached hydrogens (tertiary/aromatic N) is 1. The summed E-state index contributed by atoms with van der Waals surface area (Å²) in [4.78, 5) is 11.9. The summed E-state index contributed by atoms with van der Waals surface area (Å²) in [5.74, 6) is 1.69. The maximum absolute atomic E-state index is 11.9. The van der Waals surface area contributed by atoms with Crippen LogP contribution in [-0.2, 0) is 13.0 Å². The third-order valence-electron chi connectivity index (χ3n) is 4.34. The first-order valence-electron chi connectivity index (χ1n) is 7.25. The quantitative estimate of drug-likeness (QED) is 0.836. The van der Waals surface area contributed by atoms with Crippen LogP contribution in [0, 0.1) is 0 Å². The highest BCUT2D eigenvalue weighted by Crippen LogP contribution is 2.35. The van der Waals surface area contributed by atoms with Crippen molar-refractivity contribution >= 4 is 5.78 Å². The molecule has 0 N–H and O–H groups in total. The van der Waals surface area contributed by atoms with Crippen LogP contribution in [0.5, 0.6) is 5.75 Å². The molecule has 0 amide bonds. The Labute approximate surface area is 118 Å². The van der Waals surface area contributed by atoms with E-state index < -0.39 is 0 Å². The number of carbonyl (C=O) groups is 1. The summed E-state index contributed by atoms with van der Waals surface area (Å²) < 4.78 is 7.90. The number of fused-ring (bicyclic) bond motifs is 2. The van der Waals surface area contributed by atoms with Gasteiger partial charge in [-0.3, -0.25) is 4.79 Å². The first-order valence-corrected chi connectivity index (χ1v) is 7.25. The van der Waals surface area contributed by atoms with Gasteiger partial charge in [0, 0.05) is 42.4 Å². The van der Waals surface area contributed by atoms with Crippen molar-refractivity contribution in [2.24, 2.45) is 0 Å². The van der Waals surface area contributed by atoms with E-state index in [2.05, 4.69) is 22.9 Å². The zero-order chi connectivity index (χ0) is 13.5. The molecule has 102 valence electrons. The molecule has 3 heteroatoms. The zero-order valence-corrected chi connectivity index (χ0v) is 11.3. The fourth-order valence-electron chi connectivity index (χ4n) is 3.32. The minimum Gasteiger partial charge on any atom is -0.493 e. The fourth-order valence-corrected chi connectivity index (χ4v) is 3.32. The maximum Gasteiger partial charge on any atom is 0.164 e. The van der Waals surface area contributed by atoms with Crippen LogP contribution in [0.25, 0.3) is 0 Å². The lowest BCUT2D eigenvalue weighted by Gasteiger charge is -2.09. The van der Waals surface area contributed by atoms with E-state index in [9.17, 15) is 4.79 Å². The van der Waals surface area contributed by atoms with Crippen molar-refractivity contribution in [1.29, 1.82) is 0 Å². The third-order valence-corrected chi connectivity index (χ3v) is 4.34. The molecule has 1 unspecified atom stereocenters. The van der Waals surface area contributed by atoms with Crippen molar-refractivity contribution in [3.63, 3.8) is 0 Å². The van der Waals surface area contributed by atoms with Gasteiger partial charge in [0.1, 0.15) is 5.75 Å². The molecule has 0 spiro atoms. The van der Waals surface area contributed by atoms with Crippen molar-refractivity contribution in [1.82, 2.24) is 4.57 Å². The average molecular weight is 267 g/mol. The van der Waals surface area contributed by atoms with E-state index in [1.165, 1.54) is 11.1 Å². The van der Waals surface area contributed by atoms with Gasteiger partial charge in [-0.1, -0.05) is 18.2 Å². The van der Waals surface area contributed by atoms with E-state index >= 15 is 0 Å². The molecule has 1 aliphatic heterocycles. The van der Waals surface area contributed by atoms with Crippen LogP contribution < -0.4 is 4.74 Å². The van der Waals surface area contributed by atoms with E-state index in [0.29, 0.717) is 18.1 Å². The van der Waals surface area contributed by atoms with Crippen LogP contribution in [0.1, 0.15) is 40.2 Å². The van der Waals surface area contributed by atoms with Crippen molar-refractivity contribution in [2.75, 3.05) is 6.61 Å². The standard InChI is InChI=1S/C17H17NO2/c19-16-6-3-4-12-8-18(10-15(12)16)9-13-11-20-17-7-2-1-5-14(13)17/h1-2,5,7-8,10,13H,3-4,6,9,11H2. The van der Waals surface area contributed by atoms with E-state index in [0.717, 1.165) is 37.3 Å². The van der Waals surface area contributed by atoms with Crippen LogP contribution in [0.2, 0.25) is 0 Å². The molecule has 0 bridgehead atoms. The molecule has 2 aromatic rings. The van der Waals surface area contributed by atoms with Crippen molar-refractivity contribution in [3.05, 3.63) is 53.3 Å². The number of para-hydroxylation sites is 1. The summed E-state index contributed by atoms with van der Waals surface area (Å²) in [6.07, 6.45) is 6.90. The molecule has 0 radical (unpaired) electrons. The highest BCUT2D eigenvalue weighted by atomic mass is 16.5.